The molecule has 2 aromatic heterocycles. The van der Waals surface area contributed by atoms with Gasteiger partial charge in [-0.1, -0.05) is 19.0 Å². The first kappa shape index (κ1) is 15.9. The van der Waals surface area contributed by atoms with Crippen molar-refractivity contribution in [1.82, 2.24) is 15.1 Å². The van der Waals surface area contributed by atoms with E-state index in [9.17, 15) is 0 Å². The summed E-state index contributed by atoms with van der Waals surface area (Å²) >= 11 is 0. The maximum atomic E-state index is 5.39. The van der Waals surface area contributed by atoms with E-state index in [4.69, 9.17) is 9.26 Å². The van der Waals surface area contributed by atoms with Crippen LogP contribution >= 0.6 is 0 Å². The van der Waals surface area contributed by atoms with Gasteiger partial charge in [0.2, 0.25) is 0 Å². The van der Waals surface area contributed by atoms with Gasteiger partial charge in [0, 0.05) is 31.9 Å². The number of rotatable bonds is 7. The molecule has 124 valence electrons. The Hall–Kier alpha value is -1.95. The van der Waals surface area contributed by atoms with Crippen LogP contribution in [-0.2, 0) is 4.74 Å². The molecule has 0 radical (unpaired) electrons. The lowest BCUT2D eigenvalue weighted by molar-refractivity contribution is 0.184. The van der Waals surface area contributed by atoms with Gasteiger partial charge in [0.15, 0.2) is 5.82 Å². The molecule has 0 aromatic carbocycles. The van der Waals surface area contributed by atoms with Crippen LogP contribution < -0.4 is 5.32 Å². The molecule has 0 saturated carbocycles. The first-order valence-electron chi connectivity index (χ1n) is 8.34. The molecule has 1 N–H and O–H groups in total. The minimum Gasteiger partial charge on any atom is -0.381 e. The summed E-state index contributed by atoms with van der Waals surface area (Å²) in [5.41, 5.74) is 0.845. The van der Waals surface area contributed by atoms with E-state index >= 15 is 0 Å². The van der Waals surface area contributed by atoms with Crippen LogP contribution in [0.15, 0.2) is 22.9 Å². The van der Waals surface area contributed by atoms with Crippen LogP contribution in [0.25, 0.3) is 11.5 Å². The number of ether oxygens (including phenoxy) is 1. The van der Waals surface area contributed by atoms with Gasteiger partial charge in [-0.05, 0) is 37.3 Å². The van der Waals surface area contributed by atoms with E-state index in [1.54, 1.807) is 6.20 Å². The zero-order valence-corrected chi connectivity index (χ0v) is 13.8. The summed E-state index contributed by atoms with van der Waals surface area (Å²) in [7, 11) is 0. The van der Waals surface area contributed by atoms with Crippen LogP contribution in [0.4, 0.5) is 5.82 Å². The third-order valence-electron chi connectivity index (χ3n) is 4.09. The fraction of sp³-hybridized carbons (Fsp3) is 0.588. The van der Waals surface area contributed by atoms with Gasteiger partial charge in [0.25, 0.3) is 5.89 Å². The van der Waals surface area contributed by atoms with Gasteiger partial charge in [0.1, 0.15) is 5.82 Å². The Morgan fingerprint density at radius 2 is 2.26 bits per heavy atom. The quantitative estimate of drug-likeness (QED) is 0.788. The predicted molar refractivity (Wildman–Crippen MR) is 88.3 cm³/mol. The lowest BCUT2D eigenvalue weighted by Gasteiger charge is -2.08. The number of hydrogen-bond donors (Lipinski definition) is 1. The molecule has 1 saturated heterocycles. The number of aromatic nitrogens is 3. The van der Waals surface area contributed by atoms with Crippen LogP contribution in [0.1, 0.15) is 44.9 Å². The second-order valence-electron chi connectivity index (χ2n) is 6.34. The van der Waals surface area contributed by atoms with Crippen molar-refractivity contribution < 1.29 is 9.26 Å². The van der Waals surface area contributed by atoms with E-state index in [1.165, 1.54) is 12.8 Å². The first-order valence-corrected chi connectivity index (χ1v) is 8.34. The van der Waals surface area contributed by atoms with E-state index < -0.39 is 0 Å². The van der Waals surface area contributed by atoms with Crippen molar-refractivity contribution in [2.45, 2.75) is 39.0 Å². The SMILES string of the molecule is CC(C)c1noc(-c2ccc(NCCC[C@@H]3CCOC3)nc2)n1. The number of anilines is 1. The second kappa shape index (κ2) is 7.55. The Morgan fingerprint density at radius 1 is 1.35 bits per heavy atom. The monoisotopic (exact) mass is 316 g/mol. The Bertz CT molecular complexity index is 603. The highest BCUT2D eigenvalue weighted by Gasteiger charge is 2.14. The van der Waals surface area contributed by atoms with Crippen LogP contribution in [0, 0.1) is 5.92 Å². The zero-order valence-electron chi connectivity index (χ0n) is 13.8. The molecule has 1 aliphatic heterocycles. The highest BCUT2D eigenvalue weighted by atomic mass is 16.5. The molecule has 6 nitrogen and oxygen atoms in total. The van der Waals surface area contributed by atoms with Gasteiger partial charge < -0.3 is 14.6 Å². The maximum Gasteiger partial charge on any atom is 0.259 e. The maximum absolute atomic E-state index is 5.39. The smallest absolute Gasteiger partial charge is 0.259 e. The number of hydrogen-bond acceptors (Lipinski definition) is 6. The van der Waals surface area contributed by atoms with Crippen LogP contribution in [0.3, 0.4) is 0 Å². The summed E-state index contributed by atoms with van der Waals surface area (Å²) in [5, 5.41) is 7.33. The largest absolute Gasteiger partial charge is 0.381 e. The predicted octanol–water partition coefficient (Wildman–Crippen LogP) is 3.48. The van der Waals surface area contributed by atoms with Crippen molar-refractivity contribution in [3.05, 3.63) is 24.2 Å². The third-order valence-corrected chi connectivity index (χ3v) is 4.09. The van der Waals surface area contributed by atoms with Crippen molar-refractivity contribution >= 4 is 5.82 Å². The first-order chi connectivity index (χ1) is 11.2. The lowest BCUT2D eigenvalue weighted by atomic mass is 10.0. The van der Waals surface area contributed by atoms with E-state index in [2.05, 4.69) is 20.4 Å². The van der Waals surface area contributed by atoms with Crippen molar-refractivity contribution in [2.75, 3.05) is 25.1 Å². The van der Waals surface area contributed by atoms with Gasteiger partial charge in [-0.25, -0.2) is 4.98 Å². The lowest BCUT2D eigenvalue weighted by Crippen LogP contribution is -2.06. The van der Waals surface area contributed by atoms with Crippen LogP contribution in [0.5, 0.6) is 0 Å². The Balaban J connectivity index is 1.48. The summed E-state index contributed by atoms with van der Waals surface area (Å²) in [6, 6.07) is 3.91. The third kappa shape index (κ3) is 4.28. The topological polar surface area (TPSA) is 73.1 Å². The van der Waals surface area contributed by atoms with Gasteiger partial charge in [-0.3, -0.25) is 0 Å². The molecular formula is C17H24N4O2. The number of nitrogens with one attached hydrogen (secondary N) is 1. The summed E-state index contributed by atoms with van der Waals surface area (Å²) in [5.74, 6) is 3.11. The molecule has 3 heterocycles. The summed E-state index contributed by atoms with van der Waals surface area (Å²) in [6.07, 6.45) is 5.32. The molecule has 3 rings (SSSR count). The summed E-state index contributed by atoms with van der Waals surface area (Å²) in [4.78, 5) is 8.79. The molecule has 0 aliphatic carbocycles. The highest BCUT2D eigenvalue weighted by Crippen LogP contribution is 2.21. The molecule has 23 heavy (non-hydrogen) atoms. The minimum atomic E-state index is 0.256. The van der Waals surface area contributed by atoms with Gasteiger partial charge in [-0.15, -0.1) is 0 Å². The standard InChI is InChI=1S/C17H24N4O2/c1-12(2)16-20-17(23-21-16)14-5-6-15(19-10-14)18-8-3-4-13-7-9-22-11-13/h5-6,10,12-13H,3-4,7-9,11H2,1-2H3,(H,18,19)/t13-/m1/s1. The number of pyridine rings is 1. The molecule has 1 fully saturated rings. The summed E-state index contributed by atoms with van der Waals surface area (Å²) in [6.45, 7) is 6.86. The average Bonchev–Trinajstić information content (AvgIpc) is 3.24. The molecule has 1 atom stereocenters. The second-order valence-corrected chi connectivity index (χ2v) is 6.34. The average molecular weight is 316 g/mol. The molecule has 0 bridgehead atoms. The minimum absolute atomic E-state index is 0.256. The van der Waals surface area contributed by atoms with Crippen LogP contribution in [0.2, 0.25) is 0 Å². The molecule has 0 spiro atoms. The highest BCUT2D eigenvalue weighted by molar-refractivity contribution is 5.54. The Kier molecular flexibility index (Phi) is 5.23. The fourth-order valence-corrected chi connectivity index (χ4v) is 2.63. The van der Waals surface area contributed by atoms with E-state index in [1.807, 2.05) is 26.0 Å². The van der Waals surface area contributed by atoms with E-state index in [0.717, 1.165) is 49.3 Å². The Morgan fingerprint density at radius 3 is 2.91 bits per heavy atom. The fourth-order valence-electron chi connectivity index (χ4n) is 2.63. The van der Waals surface area contributed by atoms with Gasteiger partial charge in [0.05, 0.1) is 5.56 Å². The zero-order chi connectivity index (χ0) is 16.1. The summed E-state index contributed by atoms with van der Waals surface area (Å²) < 4.78 is 10.7. The molecule has 6 heteroatoms. The van der Waals surface area contributed by atoms with E-state index in [-0.39, 0.29) is 5.92 Å². The van der Waals surface area contributed by atoms with E-state index in [0.29, 0.717) is 5.89 Å². The number of nitrogens with zero attached hydrogens (tertiary/aromatic N) is 3. The van der Waals surface area contributed by atoms with Crippen LogP contribution in [-0.4, -0.2) is 34.9 Å². The van der Waals surface area contributed by atoms with Crippen molar-refractivity contribution in [3.8, 4) is 11.5 Å². The Labute approximate surface area is 136 Å². The molecule has 1 aliphatic rings. The van der Waals surface area contributed by atoms with Crippen molar-refractivity contribution in [1.29, 1.82) is 0 Å². The molecular weight excluding hydrogens is 292 g/mol. The molecule has 0 amide bonds. The van der Waals surface area contributed by atoms with Crippen molar-refractivity contribution in [2.24, 2.45) is 5.92 Å². The molecule has 2 aromatic rings. The van der Waals surface area contributed by atoms with Gasteiger partial charge >= 0.3 is 0 Å². The van der Waals surface area contributed by atoms with Crippen molar-refractivity contribution in [3.63, 3.8) is 0 Å². The normalized spacial score (nSPS) is 17.8. The van der Waals surface area contributed by atoms with Gasteiger partial charge in [-0.2, -0.15) is 4.98 Å². The molecule has 0 unspecified atom stereocenters.